The maximum Gasteiger partial charge on any atom is 0.274 e. The highest BCUT2D eigenvalue weighted by Gasteiger charge is 2.28. The van der Waals surface area contributed by atoms with Crippen LogP contribution in [-0.2, 0) is 6.54 Å². The van der Waals surface area contributed by atoms with Crippen molar-refractivity contribution < 1.29 is 4.79 Å². The number of carbonyl (C=O) groups excluding carboxylic acids is 1. The first-order valence-corrected chi connectivity index (χ1v) is 7.55. The van der Waals surface area contributed by atoms with Crippen LogP contribution in [0.3, 0.4) is 0 Å². The highest BCUT2D eigenvalue weighted by Crippen LogP contribution is 2.39. The molecule has 1 aliphatic carbocycles. The Bertz CT molecular complexity index is 614. The summed E-state index contributed by atoms with van der Waals surface area (Å²) in [7, 11) is 0. The van der Waals surface area contributed by atoms with Crippen LogP contribution in [0.2, 0.25) is 0 Å². The molecule has 1 heterocycles. The van der Waals surface area contributed by atoms with Gasteiger partial charge in [0.25, 0.3) is 5.91 Å². The van der Waals surface area contributed by atoms with Gasteiger partial charge in [0, 0.05) is 24.2 Å². The molecule has 0 atom stereocenters. The molecular weight excluding hydrogens is 262 g/mol. The molecule has 110 valence electrons. The van der Waals surface area contributed by atoms with Crippen LogP contribution in [0.4, 0.5) is 0 Å². The van der Waals surface area contributed by atoms with Gasteiger partial charge >= 0.3 is 0 Å². The molecule has 1 fully saturated rings. The second-order valence-corrected chi connectivity index (χ2v) is 6.00. The minimum absolute atomic E-state index is 0.00277. The Labute approximate surface area is 125 Å². The number of amides is 1. The first-order valence-electron chi connectivity index (χ1n) is 7.55. The van der Waals surface area contributed by atoms with Crippen molar-refractivity contribution in [3.8, 4) is 0 Å². The van der Waals surface area contributed by atoms with Crippen LogP contribution in [0, 0.1) is 0 Å². The van der Waals surface area contributed by atoms with E-state index in [1.165, 1.54) is 12.8 Å². The smallest absolute Gasteiger partial charge is 0.274 e. The number of rotatable bonds is 5. The molecule has 0 radical (unpaired) electrons. The Kier molecular flexibility index (Phi) is 3.78. The number of nitrogens with zero attached hydrogens (tertiary/aromatic N) is 2. The number of carbonyl (C=O) groups is 1. The largest absolute Gasteiger partial charge is 0.331 e. The fourth-order valence-corrected chi connectivity index (χ4v) is 2.47. The average Bonchev–Trinajstić information content (AvgIpc) is 3.22. The normalized spacial score (nSPS) is 14.4. The van der Waals surface area contributed by atoms with Crippen LogP contribution < -0.4 is 0 Å². The lowest BCUT2D eigenvalue weighted by Crippen LogP contribution is -2.36. The highest BCUT2D eigenvalue weighted by molar-refractivity contribution is 5.92. The van der Waals surface area contributed by atoms with Gasteiger partial charge in [-0.05, 0) is 38.3 Å². The van der Waals surface area contributed by atoms with Gasteiger partial charge < -0.3 is 4.90 Å². The van der Waals surface area contributed by atoms with Crippen LogP contribution in [0.1, 0.15) is 54.4 Å². The summed E-state index contributed by atoms with van der Waals surface area (Å²) >= 11 is 0. The van der Waals surface area contributed by atoms with Crippen LogP contribution in [0.25, 0.3) is 0 Å². The van der Waals surface area contributed by atoms with E-state index in [0.29, 0.717) is 18.2 Å². The summed E-state index contributed by atoms with van der Waals surface area (Å²) in [6, 6.07) is 12.1. The Morgan fingerprint density at radius 3 is 2.67 bits per heavy atom. The molecule has 1 aliphatic rings. The number of H-pyrrole nitrogens is 1. The van der Waals surface area contributed by atoms with E-state index in [4.69, 9.17) is 0 Å². The lowest BCUT2D eigenvalue weighted by atomic mass is 10.1. The van der Waals surface area contributed by atoms with Crippen molar-refractivity contribution in [2.24, 2.45) is 0 Å². The number of hydrogen-bond donors (Lipinski definition) is 1. The molecule has 1 aromatic carbocycles. The van der Waals surface area contributed by atoms with Gasteiger partial charge in [0.05, 0.1) is 0 Å². The monoisotopic (exact) mass is 283 g/mol. The fraction of sp³-hybridized carbons (Fsp3) is 0.412. The van der Waals surface area contributed by atoms with E-state index in [-0.39, 0.29) is 11.9 Å². The zero-order valence-electron chi connectivity index (χ0n) is 12.5. The second-order valence-electron chi connectivity index (χ2n) is 6.00. The summed E-state index contributed by atoms with van der Waals surface area (Å²) in [5.41, 5.74) is 2.76. The molecule has 1 saturated carbocycles. The SMILES string of the molecule is CC(C)N(Cc1ccccc1)C(=O)c1cc(C2CC2)[nH]n1. The zero-order chi connectivity index (χ0) is 14.8. The predicted molar refractivity (Wildman–Crippen MR) is 82.0 cm³/mol. The molecular formula is C17H21N3O. The first kappa shape index (κ1) is 13.9. The highest BCUT2D eigenvalue weighted by atomic mass is 16.2. The van der Waals surface area contributed by atoms with Crippen molar-refractivity contribution in [1.82, 2.24) is 15.1 Å². The summed E-state index contributed by atoms with van der Waals surface area (Å²) in [6.07, 6.45) is 2.40. The van der Waals surface area contributed by atoms with Crippen LogP contribution >= 0.6 is 0 Å². The lowest BCUT2D eigenvalue weighted by molar-refractivity contribution is 0.0684. The standard InChI is InChI=1S/C17H21N3O/c1-12(2)20(11-13-6-4-3-5-7-13)17(21)16-10-15(18-19-16)14-8-9-14/h3-7,10,12,14H,8-9,11H2,1-2H3,(H,18,19). The molecule has 3 rings (SSSR count). The average molecular weight is 283 g/mol. The maximum absolute atomic E-state index is 12.7. The summed E-state index contributed by atoms with van der Waals surface area (Å²) in [4.78, 5) is 14.6. The number of aromatic nitrogens is 2. The summed E-state index contributed by atoms with van der Waals surface area (Å²) in [5, 5.41) is 7.21. The number of nitrogens with one attached hydrogen (secondary N) is 1. The van der Waals surface area contributed by atoms with Gasteiger partial charge in [0.2, 0.25) is 0 Å². The third-order valence-electron chi connectivity index (χ3n) is 3.91. The van der Waals surface area contributed by atoms with Crippen molar-refractivity contribution in [3.05, 3.63) is 53.3 Å². The van der Waals surface area contributed by atoms with Crippen LogP contribution in [-0.4, -0.2) is 27.0 Å². The van der Waals surface area contributed by atoms with E-state index in [0.717, 1.165) is 11.3 Å². The minimum atomic E-state index is -0.00277. The minimum Gasteiger partial charge on any atom is -0.331 e. The quantitative estimate of drug-likeness (QED) is 0.915. The van der Waals surface area contributed by atoms with Crippen molar-refractivity contribution in [2.75, 3.05) is 0 Å². The Morgan fingerprint density at radius 2 is 2.05 bits per heavy atom. The molecule has 0 unspecified atom stereocenters. The van der Waals surface area contributed by atoms with Gasteiger partial charge in [-0.3, -0.25) is 9.89 Å². The summed E-state index contributed by atoms with van der Waals surface area (Å²) < 4.78 is 0. The molecule has 0 aliphatic heterocycles. The maximum atomic E-state index is 12.7. The van der Waals surface area contributed by atoms with Gasteiger partial charge in [-0.15, -0.1) is 0 Å². The van der Waals surface area contributed by atoms with E-state index in [9.17, 15) is 4.79 Å². The number of aromatic amines is 1. The van der Waals surface area contributed by atoms with E-state index in [1.807, 2.05) is 55.1 Å². The third kappa shape index (κ3) is 3.15. The van der Waals surface area contributed by atoms with E-state index in [2.05, 4.69) is 10.2 Å². The van der Waals surface area contributed by atoms with E-state index < -0.39 is 0 Å². The molecule has 1 N–H and O–H groups in total. The molecule has 0 saturated heterocycles. The molecule has 0 spiro atoms. The van der Waals surface area contributed by atoms with Gasteiger partial charge in [-0.2, -0.15) is 5.10 Å². The van der Waals surface area contributed by atoms with Gasteiger partial charge in [0.15, 0.2) is 0 Å². The molecule has 4 heteroatoms. The Hall–Kier alpha value is -2.10. The molecule has 2 aromatic rings. The molecule has 4 nitrogen and oxygen atoms in total. The fourth-order valence-electron chi connectivity index (χ4n) is 2.47. The van der Waals surface area contributed by atoms with Crippen molar-refractivity contribution >= 4 is 5.91 Å². The number of benzene rings is 1. The lowest BCUT2D eigenvalue weighted by Gasteiger charge is -2.26. The summed E-state index contributed by atoms with van der Waals surface area (Å²) in [5.74, 6) is 0.581. The van der Waals surface area contributed by atoms with Crippen LogP contribution in [0.5, 0.6) is 0 Å². The van der Waals surface area contributed by atoms with E-state index >= 15 is 0 Å². The first-order chi connectivity index (χ1) is 10.1. The topological polar surface area (TPSA) is 49.0 Å². The predicted octanol–water partition coefficient (Wildman–Crippen LogP) is 3.34. The van der Waals surface area contributed by atoms with Crippen molar-refractivity contribution in [3.63, 3.8) is 0 Å². The van der Waals surface area contributed by atoms with Gasteiger partial charge in [-0.25, -0.2) is 0 Å². The second kappa shape index (κ2) is 5.72. The molecule has 1 aromatic heterocycles. The molecule has 21 heavy (non-hydrogen) atoms. The Balaban J connectivity index is 1.77. The van der Waals surface area contributed by atoms with Crippen molar-refractivity contribution in [2.45, 2.75) is 45.2 Å². The number of hydrogen-bond acceptors (Lipinski definition) is 2. The summed E-state index contributed by atoms with van der Waals surface area (Å²) in [6.45, 7) is 4.69. The van der Waals surface area contributed by atoms with E-state index in [1.54, 1.807) is 0 Å². The molecule has 0 bridgehead atoms. The Morgan fingerprint density at radius 1 is 1.33 bits per heavy atom. The van der Waals surface area contributed by atoms with Gasteiger partial charge in [-0.1, -0.05) is 30.3 Å². The third-order valence-corrected chi connectivity index (χ3v) is 3.91. The zero-order valence-corrected chi connectivity index (χ0v) is 12.5. The van der Waals surface area contributed by atoms with Gasteiger partial charge in [0.1, 0.15) is 5.69 Å². The van der Waals surface area contributed by atoms with Crippen LogP contribution in [0.15, 0.2) is 36.4 Å². The van der Waals surface area contributed by atoms with Crippen molar-refractivity contribution in [1.29, 1.82) is 0 Å². The molecule has 1 amide bonds.